The molecular formula is C13H14O5. The second-order valence-electron chi connectivity index (χ2n) is 3.56. The number of hydrogen-bond donors (Lipinski definition) is 1. The number of aliphatic carboxylic acids is 1. The second kappa shape index (κ2) is 5.86. The van der Waals surface area contributed by atoms with Gasteiger partial charge in [0.25, 0.3) is 0 Å². The number of methoxy groups -OCH3 is 2. The van der Waals surface area contributed by atoms with Gasteiger partial charge < -0.3 is 14.6 Å². The number of allylic oxidation sites excluding steroid dienone is 1. The van der Waals surface area contributed by atoms with Crippen LogP contribution in [-0.4, -0.2) is 31.1 Å². The molecule has 0 radical (unpaired) electrons. The molecule has 1 N–H and O–H groups in total. The third-order valence-electron chi connectivity index (χ3n) is 2.37. The van der Waals surface area contributed by atoms with Crippen LogP contribution in [0.2, 0.25) is 0 Å². The lowest BCUT2D eigenvalue weighted by Gasteiger charge is -2.10. The number of ketones is 1. The van der Waals surface area contributed by atoms with Crippen molar-refractivity contribution in [1.82, 2.24) is 0 Å². The Hall–Kier alpha value is -2.30. The minimum Gasteiger partial charge on any atom is -0.493 e. The van der Waals surface area contributed by atoms with Crippen molar-refractivity contribution in [3.8, 4) is 11.5 Å². The molecule has 0 spiro atoms. The van der Waals surface area contributed by atoms with Crippen LogP contribution in [0.15, 0.2) is 24.3 Å². The molecule has 96 valence electrons. The minimum atomic E-state index is -1.17. The number of carboxylic acids is 1. The maximum Gasteiger partial charge on any atom is 0.328 e. The molecule has 0 heterocycles. The van der Waals surface area contributed by atoms with Crippen LogP contribution < -0.4 is 9.47 Å². The summed E-state index contributed by atoms with van der Waals surface area (Å²) in [5.74, 6) is -0.610. The van der Waals surface area contributed by atoms with Crippen molar-refractivity contribution in [2.45, 2.75) is 6.92 Å². The summed E-state index contributed by atoms with van der Waals surface area (Å²) in [7, 11) is 2.97. The molecule has 0 bridgehead atoms. The summed E-state index contributed by atoms with van der Waals surface area (Å²) in [6, 6.07) is 3.20. The van der Waals surface area contributed by atoms with Crippen molar-refractivity contribution in [3.63, 3.8) is 0 Å². The van der Waals surface area contributed by atoms with Crippen molar-refractivity contribution < 1.29 is 24.2 Å². The molecule has 5 heteroatoms. The van der Waals surface area contributed by atoms with Gasteiger partial charge in [-0.15, -0.1) is 0 Å². The zero-order valence-corrected chi connectivity index (χ0v) is 10.4. The predicted octanol–water partition coefficient (Wildman–Crippen LogP) is 1.84. The molecule has 0 amide bonds. The maximum absolute atomic E-state index is 11.8. The summed E-state index contributed by atoms with van der Waals surface area (Å²) in [5, 5.41) is 8.48. The van der Waals surface area contributed by atoms with Gasteiger partial charge in [-0.1, -0.05) is 0 Å². The van der Waals surface area contributed by atoms with Gasteiger partial charge in [0.15, 0.2) is 17.3 Å². The van der Waals surface area contributed by atoms with Gasteiger partial charge in [-0.3, -0.25) is 4.79 Å². The number of ether oxygens (including phenoxy) is 2. The highest BCUT2D eigenvalue weighted by molar-refractivity contribution is 6.08. The molecule has 0 saturated carbocycles. The third kappa shape index (κ3) is 3.10. The number of benzene rings is 1. The molecular weight excluding hydrogens is 236 g/mol. The minimum absolute atomic E-state index is 0.380. The first-order valence-electron chi connectivity index (χ1n) is 5.17. The lowest BCUT2D eigenvalue weighted by atomic mass is 10.0. The molecule has 0 aliphatic carbocycles. The Morgan fingerprint density at radius 3 is 2.17 bits per heavy atom. The molecule has 1 aromatic carbocycles. The third-order valence-corrected chi connectivity index (χ3v) is 2.37. The van der Waals surface area contributed by atoms with Crippen LogP contribution in [0.1, 0.15) is 15.9 Å². The van der Waals surface area contributed by atoms with Crippen molar-refractivity contribution in [1.29, 1.82) is 0 Å². The van der Waals surface area contributed by atoms with Gasteiger partial charge in [-0.25, -0.2) is 4.79 Å². The van der Waals surface area contributed by atoms with Gasteiger partial charge in [0.1, 0.15) is 0 Å². The number of carbonyl (C=O) groups is 2. The van der Waals surface area contributed by atoms with Gasteiger partial charge in [0.2, 0.25) is 0 Å². The summed E-state index contributed by atoms with van der Waals surface area (Å²) in [6.07, 6.45) is 1.81. The number of aryl methyl sites for hydroxylation is 1. The van der Waals surface area contributed by atoms with E-state index in [0.717, 1.165) is 12.2 Å². The fourth-order valence-corrected chi connectivity index (χ4v) is 1.48. The summed E-state index contributed by atoms with van der Waals surface area (Å²) in [6.45, 7) is 1.74. The lowest BCUT2D eigenvalue weighted by Crippen LogP contribution is -2.02. The van der Waals surface area contributed by atoms with Crippen molar-refractivity contribution in [2.75, 3.05) is 14.2 Å². The summed E-state index contributed by atoms with van der Waals surface area (Å²) >= 11 is 0. The molecule has 1 rings (SSSR count). The quantitative estimate of drug-likeness (QED) is 0.637. The normalized spacial score (nSPS) is 10.4. The van der Waals surface area contributed by atoms with Crippen LogP contribution in [-0.2, 0) is 4.79 Å². The summed E-state index contributed by atoms with van der Waals surface area (Å²) in [5.41, 5.74) is 1.07. The van der Waals surface area contributed by atoms with Crippen molar-refractivity contribution >= 4 is 11.8 Å². The molecule has 0 unspecified atom stereocenters. The van der Waals surface area contributed by atoms with E-state index in [4.69, 9.17) is 14.6 Å². The highest BCUT2D eigenvalue weighted by Crippen LogP contribution is 2.30. The largest absolute Gasteiger partial charge is 0.493 e. The average molecular weight is 250 g/mol. The van der Waals surface area contributed by atoms with E-state index in [1.807, 2.05) is 0 Å². The fraction of sp³-hybridized carbons (Fsp3) is 0.231. The van der Waals surface area contributed by atoms with Crippen LogP contribution in [0.4, 0.5) is 0 Å². The molecule has 0 fully saturated rings. The van der Waals surface area contributed by atoms with Gasteiger partial charge in [-0.05, 0) is 30.7 Å². The zero-order valence-electron chi connectivity index (χ0n) is 10.4. The molecule has 0 atom stereocenters. The Balaban J connectivity index is 3.17. The monoisotopic (exact) mass is 250 g/mol. The van der Waals surface area contributed by atoms with E-state index in [1.165, 1.54) is 20.3 Å². The van der Waals surface area contributed by atoms with E-state index in [9.17, 15) is 9.59 Å². The highest BCUT2D eigenvalue weighted by atomic mass is 16.5. The first-order valence-corrected chi connectivity index (χ1v) is 5.17. The molecule has 0 saturated heterocycles. The van der Waals surface area contributed by atoms with Crippen LogP contribution in [0.3, 0.4) is 0 Å². The predicted molar refractivity (Wildman–Crippen MR) is 65.4 cm³/mol. The van der Waals surface area contributed by atoms with Gasteiger partial charge >= 0.3 is 5.97 Å². The number of rotatable bonds is 5. The van der Waals surface area contributed by atoms with Crippen LogP contribution in [0.5, 0.6) is 11.5 Å². The van der Waals surface area contributed by atoms with Crippen LogP contribution in [0.25, 0.3) is 0 Å². The van der Waals surface area contributed by atoms with E-state index in [1.54, 1.807) is 13.0 Å². The fourth-order valence-electron chi connectivity index (χ4n) is 1.48. The smallest absolute Gasteiger partial charge is 0.328 e. The first kappa shape index (κ1) is 13.8. The second-order valence-corrected chi connectivity index (χ2v) is 3.56. The Labute approximate surface area is 105 Å². The molecule has 5 nitrogen and oxygen atoms in total. The van der Waals surface area contributed by atoms with Crippen LogP contribution in [0, 0.1) is 6.92 Å². The molecule has 0 aliphatic heterocycles. The Bertz CT molecular complexity index is 502. The number of carbonyl (C=O) groups excluding carboxylic acids is 1. The van der Waals surface area contributed by atoms with Gasteiger partial charge in [0.05, 0.1) is 14.2 Å². The van der Waals surface area contributed by atoms with E-state index in [0.29, 0.717) is 22.6 Å². The average Bonchev–Trinajstić information content (AvgIpc) is 2.35. The zero-order chi connectivity index (χ0) is 13.7. The van der Waals surface area contributed by atoms with E-state index in [2.05, 4.69) is 0 Å². The number of hydrogen-bond acceptors (Lipinski definition) is 4. The van der Waals surface area contributed by atoms with Crippen LogP contribution >= 0.6 is 0 Å². The highest BCUT2D eigenvalue weighted by Gasteiger charge is 2.12. The van der Waals surface area contributed by atoms with Gasteiger partial charge in [-0.2, -0.15) is 0 Å². The Morgan fingerprint density at radius 2 is 1.67 bits per heavy atom. The standard InChI is InChI=1S/C13H14O5/c1-8-6-11(17-2)12(18-3)7-9(8)10(14)4-5-13(15)16/h4-7H,1-3H3,(H,15,16). The van der Waals surface area contributed by atoms with Crippen molar-refractivity contribution in [2.24, 2.45) is 0 Å². The Morgan fingerprint density at radius 1 is 1.11 bits per heavy atom. The van der Waals surface area contributed by atoms with E-state index < -0.39 is 11.8 Å². The van der Waals surface area contributed by atoms with Crippen molar-refractivity contribution in [3.05, 3.63) is 35.4 Å². The van der Waals surface area contributed by atoms with Gasteiger partial charge in [0, 0.05) is 11.6 Å². The summed E-state index contributed by atoms with van der Waals surface area (Å²) < 4.78 is 10.2. The lowest BCUT2D eigenvalue weighted by molar-refractivity contribution is -0.131. The Kier molecular flexibility index (Phi) is 4.48. The first-order chi connectivity index (χ1) is 8.49. The van der Waals surface area contributed by atoms with E-state index >= 15 is 0 Å². The topological polar surface area (TPSA) is 72.8 Å². The van der Waals surface area contributed by atoms with E-state index in [-0.39, 0.29) is 0 Å². The molecule has 0 aliphatic rings. The molecule has 1 aromatic rings. The molecule has 18 heavy (non-hydrogen) atoms. The summed E-state index contributed by atoms with van der Waals surface area (Å²) in [4.78, 5) is 22.2. The maximum atomic E-state index is 11.8. The molecule has 0 aromatic heterocycles. The SMILES string of the molecule is COc1cc(C)c(C(=O)C=CC(=O)O)cc1OC. The number of carboxylic acid groups (broad SMARTS) is 1.